The number of aromatic nitrogens is 3. The van der Waals surface area contributed by atoms with Crippen LogP contribution in [-0.4, -0.2) is 15.3 Å². The standard InChI is InChI=1S/C15H16N4O3/c1-11-6-13(18-22-11)8-16-7-12-2-4-14(5-3-12)20-9-15-17-10-21-19-15/h2-6,10,16H,7-9H2,1H3. The Morgan fingerprint density at radius 2 is 2.00 bits per heavy atom. The Labute approximate surface area is 127 Å². The predicted molar refractivity (Wildman–Crippen MR) is 76.9 cm³/mol. The summed E-state index contributed by atoms with van der Waals surface area (Å²) in [6.07, 6.45) is 1.28. The number of rotatable bonds is 7. The minimum atomic E-state index is 0.291. The molecule has 0 aliphatic rings. The van der Waals surface area contributed by atoms with Crippen molar-refractivity contribution >= 4 is 0 Å². The highest BCUT2D eigenvalue weighted by atomic mass is 16.5. The Balaban J connectivity index is 1.44. The van der Waals surface area contributed by atoms with Gasteiger partial charge in [-0.05, 0) is 24.6 Å². The van der Waals surface area contributed by atoms with Gasteiger partial charge in [0.25, 0.3) is 0 Å². The van der Waals surface area contributed by atoms with Gasteiger partial charge >= 0.3 is 0 Å². The number of nitrogens with one attached hydrogen (secondary N) is 1. The molecule has 1 N–H and O–H groups in total. The van der Waals surface area contributed by atoms with Crippen LogP contribution >= 0.6 is 0 Å². The number of hydrogen-bond acceptors (Lipinski definition) is 7. The average Bonchev–Trinajstić information content (AvgIpc) is 3.18. The number of ether oxygens (including phenoxy) is 1. The first kappa shape index (κ1) is 14.3. The summed E-state index contributed by atoms with van der Waals surface area (Å²) in [5, 5.41) is 10.9. The third-order valence-electron chi connectivity index (χ3n) is 3.01. The van der Waals surface area contributed by atoms with Gasteiger partial charge in [0, 0.05) is 19.2 Å². The second kappa shape index (κ2) is 6.86. The van der Waals surface area contributed by atoms with Gasteiger partial charge in [0.1, 0.15) is 11.5 Å². The Kier molecular flexibility index (Phi) is 4.45. The zero-order chi connectivity index (χ0) is 15.2. The molecule has 0 bridgehead atoms. The maximum Gasteiger partial charge on any atom is 0.213 e. The second-order valence-electron chi connectivity index (χ2n) is 4.81. The van der Waals surface area contributed by atoms with Gasteiger partial charge in [-0.15, -0.1) is 0 Å². The van der Waals surface area contributed by atoms with Crippen LogP contribution in [0.1, 0.15) is 22.8 Å². The van der Waals surface area contributed by atoms with Gasteiger partial charge in [-0.25, -0.2) is 0 Å². The van der Waals surface area contributed by atoms with E-state index in [1.54, 1.807) is 0 Å². The summed E-state index contributed by atoms with van der Waals surface area (Å²) < 4.78 is 15.2. The van der Waals surface area contributed by atoms with E-state index in [0.29, 0.717) is 19.0 Å². The van der Waals surface area contributed by atoms with E-state index in [9.17, 15) is 0 Å². The normalized spacial score (nSPS) is 10.8. The molecule has 7 nitrogen and oxygen atoms in total. The van der Waals surface area contributed by atoms with Crippen molar-refractivity contribution in [3.63, 3.8) is 0 Å². The molecule has 2 aromatic heterocycles. The fourth-order valence-corrected chi connectivity index (χ4v) is 1.94. The Morgan fingerprint density at radius 1 is 1.14 bits per heavy atom. The predicted octanol–water partition coefficient (Wildman–Crippen LogP) is 2.23. The first-order chi connectivity index (χ1) is 10.8. The monoisotopic (exact) mass is 300 g/mol. The van der Waals surface area contributed by atoms with Crippen molar-refractivity contribution in [3.05, 3.63) is 59.6 Å². The molecule has 2 heterocycles. The molecule has 0 amide bonds. The maximum atomic E-state index is 5.55. The molecular formula is C15H16N4O3. The molecule has 0 saturated heterocycles. The van der Waals surface area contributed by atoms with Crippen LogP contribution in [0, 0.1) is 6.92 Å². The molecule has 0 spiro atoms. The van der Waals surface area contributed by atoms with Crippen molar-refractivity contribution in [2.75, 3.05) is 0 Å². The molecule has 0 radical (unpaired) electrons. The third kappa shape index (κ3) is 3.92. The SMILES string of the molecule is Cc1cc(CNCc2ccc(OCc3ncon3)cc2)no1. The zero-order valence-corrected chi connectivity index (χ0v) is 12.2. The highest BCUT2D eigenvalue weighted by Gasteiger charge is 2.02. The summed E-state index contributed by atoms with van der Waals surface area (Å²) in [5.74, 6) is 2.11. The lowest BCUT2D eigenvalue weighted by Gasteiger charge is -2.06. The summed E-state index contributed by atoms with van der Waals surface area (Å²) in [6, 6.07) is 9.76. The largest absolute Gasteiger partial charge is 0.485 e. The van der Waals surface area contributed by atoms with Crippen LogP contribution in [0.4, 0.5) is 0 Å². The quantitative estimate of drug-likeness (QED) is 0.716. The van der Waals surface area contributed by atoms with Crippen LogP contribution in [0.15, 0.2) is 45.8 Å². The first-order valence-corrected chi connectivity index (χ1v) is 6.89. The van der Waals surface area contributed by atoms with Crippen LogP contribution in [-0.2, 0) is 19.7 Å². The van der Waals surface area contributed by atoms with Crippen LogP contribution in [0.25, 0.3) is 0 Å². The van der Waals surface area contributed by atoms with Crippen LogP contribution < -0.4 is 10.1 Å². The molecule has 3 aromatic rings. The molecule has 0 aliphatic carbocycles. The summed E-state index contributed by atoms with van der Waals surface area (Å²) in [6.45, 7) is 3.59. The molecule has 0 aliphatic heterocycles. The van der Waals surface area contributed by atoms with Gasteiger partial charge in [-0.2, -0.15) is 4.98 Å². The van der Waals surface area contributed by atoms with Crippen molar-refractivity contribution in [1.29, 1.82) is 0 Å². The molecule has 22 heavy (non-hydrogen) atoms. The van der Waals surface area contributed by atoms with Crippen molar-refractivity contribution in [2.45, 2.75) is 26.6 Å². The van der Waals surface area contributed by atoms with Crippen LogP contribution in [0.5, 0.6) is 5.75 Å². The van der Waals surface area contributed by atoms with E-state index in [0.717, 1.165) is 29.3 Å². The zero-order valence-electron chi connectivity index (χ0n) is 12.2. The smallest absolute Gasteiger partial charge is 0.213 e. The fourth-order valence-electron chi connectivity index (χ4n) is 1.94. The molecule has 0 atom stereocenters. The minimum Gasteiger partial charge on any atom is -0.485 e. The van der Waals surface area contributed by atoms with E-state index in [1.165, 1.54) is 6.39 Å². The van der Waals surface area contributed by atoms with E-state index >= 15 is 0 Å². The van der Waals surface area contributed by atoms with Gasteiger partial charge in [-0.1, -0.05) is 22.4 Å². The average molecular weight is 300 g/mol. The Morgan fingerprint density at radius 3 is 2.68 bits per heavy atom. The Bertz CT molecular complexity index is 692. The number of aryl methyl sites for hydroxylation is 1. The van der Waals surface area contributed by atoms with Crippen molar-refractivity contribution in [3.8, 4) is 5.75 Å². The molecule has 7 heteroatoms. The fraction of sp³-hybridized carbons (Fsp3) is 0.267. The van der Waals surface area contributed by atoms with E-state index in [1.807, 2.05) is 37.3 Å². The van der Waals surface area contributed by atoms with E-state index < -0.39 is 0 Å². The lowest BCUT2D eigenvalue weighted by molar-refractivity contribution is 0.286. The molecule has 0 saturated carbocycles. The highest BCUT2D eigenvalue weighted by molar-refractivity contribution is 5.27. The van der Waals surface area contributed by atoms with Gasteiger partial charge in [0.15, 0.2) is 6.61 Å². The Hall–Kier alpha value is -2.67. The molecule has 0 fully saturated rings. The summed E-state index contributed by atoms with van der Waals surface area (Å²) in [5.41, 5.74) is 2.06. The summed E-state index contributed by atoms with van der Waals surface area (Å²) in [4.78, 5) is 3.89. The van der Waals surface area contributed by atoms with Crippen LogP contribution in [0.3, 0.4) is 0 Å². The lowest BCUT2D eigenvalue weighted by atomic mass is 10.2. The van der Waals surface area contributed by atoms with Gasteiger partial charge in [0.2, 0.25) is 12.2 Å². The molecule has 0 unspecified atom stereocenters. The van der Waals surface area contributed by atoms with Crippen LogP contribution in [0.2, 0.25) is 0 Å². The molecule has 1 aromatic carbocycles. The van der Waals surface area contributed by atoms with E-state index in [-0.39, 0.29) is 0 Å². The van der Waals surface area contributed by atoms with Gasteiger partial charge in [-0.3, -0.25) is 0 Å². The highest BCUT2D eigenvalue weighted by Crippen LogP contribution is 2.13. The molecular weight excluding hydrogens is 284 g/mol. The number of nitrogens with zero attached hydrogens (tertiary/aromatic N) is 3. The molecule has 114 valence electrons. The summed E-state index contributed by atoms with van der Waals surface area (Å²) >= 11 is 0. The third-order valence-corrected chi connectivity index (χ3v) is 3.01. The van der Waals surface area contributed by atoms with E-state index in [2.05, 4.69) is 25.1 Å². The number of benzene rings is 1. The van der Waals surface area contributed by atoms with Gasteiger partial charge < -0.3 is 19.1 Å². The molecule has 3 rings (SSSR count). The summed E-state index contributed by atoms with van der Waals surface area (Å²) in [7, 11) is 0. The topological polar surface area (TPSA) is 86.2 Å². The minimum absolute atomic E-state index is 0.291. The van der Waals surface area contributed by atoms with Crippen molar-refractivity contribution in [1.82, 2.24) is 20.6 Å². The van der Waals surface area contributed by atoms with Crippen molar-refractivity contribution in [2.24, 2.45) is 0 Å². The maximum absolute atomic E-state index is 5.55. The second-order valence-corrected chi connectivity index (χ2v) is 4.81. The van der Waals surface area contributed by atoms with Gasteiger partial charge in [0.05, 0.1) is 5.69 Å². The lowest BCUT2D eigenvalue weighted by Crippen LogP contribution is -2.12. The number of hydrogen-bond donors (Lipinski definition) is 1. The van der Waals surface area contributed by atoms with E-state index in [4.69, 9.17) is 9.26 Å². The first-order valence-electron chi connectivity index (χ1n) is 6.89. The van der Waals surface area contributed by atoms with Crippen molar-refractivity contribution < 1.29 is 13.8 Å².